The molecule has 19 heavy (non-hydrogen) atoms. The second kappa shape index (κ2) is 10.1. The highest BCUT2D eigenvalue weighted by molar-refractivity contribution is 5.93. The molecule has 5 heteroatoms. The first kappa shape index (κ1) is 19.5. The van der Waals surface area contributed by atoms with Gasteiger partial charge in [-0.3, -0.25) is 0 Å². The van der Waals surface area contributed by atoms with Gasteiger partial charge < -0.3 is 14.2 Å². The summed E-state index contributed by atoms with van der Waals surface area (Å²) in [5.41, 5.74) is 0.742. The number of methoxy groups -OCH3 is 1. The van der Waals surface area contributed by atoms with Crippen molar-refractivity contribution in [2.75, 3.05) is 20.5 Å². The zero-order valence-electron chi connectivity index (χ0n) is 9.76. The molecular weight excluding hydrogens is 248 g/mol. The Balaban J connectivity index is 0. The quantitative estimate of drug-likeness (QED) is 0.467. The Labute approximate surface area is 114 Å². The Morgan fingerprint density at radius 3 is 1.89 bits per heavy atom. The van der Waals surface area contributed by atoms with Gasteiger partial charge in [0.05, 0.1) is 18.2 Å². The third-order valence-corrected chi connectivity index (χ3v) is 2.02. The fraction of sp³-hybridized carbons (Fsp3) is 0.429. The first-order valence-corrected chi connectivity index (χ1v) is 5.12. The average Bonchev–Trinajstić information content (AvgIpc) is 2.38. The van der Waals surface area contributed by atoms with E-state index in [2.05, 4.69) is 4.74 Å². The lowest BCUT2D eigenvalue weighted by atomic mass is 10.1. The number of rotatable bonds is 5. The summed E-state index contributed by atoms with van der Waals surface area (Å²) in [5, 5.41) is 0. The Morgan fingerprint density at radius 1 is 1.00 bits per heavy atom. The van der Waals surface area contributed by atoms with Crippen LogP contribution < -0.4 is 0 Å². The number of esters is 2. The normalized spacial score (nSPS) is 8.74. The fourth-order valence-electron chi connectivity index (χ4n) is 1.12. The highest BCUT2D eigenvalue weighted by atomic mass is 16.7. The lowest BCUT2D eigenvalue weighted by molar-refractivity contribution is -0.0274. The van der Waals surface area contributed by atoms with E-state index in [9.17, 15) is 9.59 Å². The molecule has 0 aliphatic rings. The third-order valence-electron chi connectivity index (χ3n) is 2.02. The van der Waals surface area contributed by atoms with Gasteiger partial charge in [0.1, 0.15) is 0 Å². The standard InChI is InChI=1S/C12H14O5.2CH4/c1-3-16-8-17-12(14)10-6-4-9(5-7-10)11(13)15-2;;/h4-7H,3,8H2,1-2H3;2*1H4. The van der Waals surface area contributed by atoms with Gasteiger partial charge in [0.2, 0.25) is 0 Å². The SMILES string of the molecule is C.C.CCOCOC(=O)c1ccc(C(=O)OC)cc1. The van der Waals surface area contributed by atoms with Gasteiger partial charge in [-0.2, -0.15) is 0 Å². The highest BCUT2D eigenvalue weighted by Crippen LogP contribution is 2.07. The second-order valence-electron chi connectivity index (χ2n) is 3.11. The summed E-state index contributed by atoms with van der Waals surface area (Å²) in [5.74, 6) is -0.936. The van der Waals surface area contributed by atoms with E-state index in [-0.39, 0.29) is 21.6 Å². The van der Waals surface area contributed by atoms with Crippen molar-refractivity contribution in [2.45, 2.75) is 21.8 Å². The molecule has 0 unspecified atom stereocenters. The van der Waals surface area contributed by atoms with E-state index in [1.807, 2.05) is 0 Å². The molecule has 0 radical (unpaired) electrons. The first-order chi connectivity index (χ1) is 8.19. The summed E-state index contributed by atoms with van der Waals surface area (Å²) >= 11 is 0. The van der Waals surface area contributed by atoms with Crippen LogP contribution in [0.15, 0.2) is 24.3 Å². The number of hydrogen-bond acceptors (Lipinski definition) is 5. The maximum absolute atomic E-state index is 11.5. The lowest BCUT2D eigenvalue weighted by Crippen LogP contribution is -2.09. The monoisotopic (exact) mass is 270 g/mol. The van der Waals surface area contributed by atoms with Gasteiger partial charge in [0, 0.05) is 6.61 Å². The molecule has 0 atom stereocenters. The van der Waals surface area contributed by atoms with Crippen molar-refractivity contribution in [3.05, 3.63) is 35.4 Å². The number of carbonyl (C=O) groups excluding carboxylic acids is 2. The summed E-state index contributed by atoms with van der Waals surface area (Å²) in [4.78, 5) is 22.6. The second-order valence-corrected chi connectivity index (χ2v) is 3.11. The fourth-order valence-corrected chi connectivity index (χ4v) is 1.12. The number of carbonyl (C=O) groups is 2. The highest BCUT2D eigenvalue weighted by Gasteiger charge is 2.09. The molecule has 0 amide bonds. The zero-order chi connectivity index (χ0) is 12.7. The Kier molecular flexibility index (Phi) is 10.3. The van der Waals surface area contributed by atoms with Crippen molar-refractivity contribution in [3.63, 3.8) is 0 Å². The van der Waals surface area contributed by atoms with Crippen LogP contribution in [0.5, 0.6) is 0 Å². The molecule has 0 saturated heterocycles. The van der Waals surface area contributed by atoms with Crippen LogP contribution >= 0.6 is 0 Å². The number of ether oxygens (including phenoxy) is 3. The maximum atomic E-state index is 11.5. The molecule has 0 N–H and O–H groups in total. The maximum Gasteiger partial charge on any atom is 0.340 e. The van der Waals surface area contributed by atoms with Crippen LogP contribution in [0.2, 0.25) is 0 Å². The van der Waals surface area contributed by atoms with E-state index in [1.54, 1.807) is 6.92 Å². The molecule has 1 aromatic rings. The predicted octanol–water partition coefficient (Wildman–Crippen LogP) is 2.90. The van der Waals surface area contributed by atoms with Crippen LogP contribution in [-0.4, -0.2) is 32.4 Å². The van der Waals surface area contributed by atoms with Crippen LogP contribution in [0.1, 0.15) is 42.5 Å². The number of benzene rings is 1. The molecule has 0 aliphatic heterocycles. The van der Waals surface area contributed by atoms with Crippen LogP contribution in [0.3, 0.4) is 0 Å². The Hall–Kier alpha value is -1.88. The zero-order valence-corrected chi connectivity index (χ0v) is 9.76. The molecule has 0 saturated carbocycles. The largest absolute Gasteiger partial charge is 0.465 e. The van der Waals surface area contributed by atoms with E-state index in [1.165, 1.54) is 31.4 Å². The average molecular weight is 270 g/mol. The molecule has 0 heterocycles. The Bertz CT molecular complexity index is 383. The van der Waals surface area contributed by atoms with Gasteiger partial charge in [-0.25, -0.2) is 9.59 Å². The summed E-state index contributed by atoms with van der Waals surface area (Å²) in [6, 6.07) is 6.01. The summed E-state index contributed by atoms with van der Waals surface area (Å²) in [7, 11) is 1.30. The van der Waals surface area contributed by atoms with Crippen LogP contribution in [-0.2, 0) is 14.2 Å². The first-order valence-electron chi connectivity index (χ1n) is 5.12. The van der Waals surface area contributed by atoms with E-state index in [4.69, 9.17) is 9.47 Å². The smallest absolute Gasteiger partial charge is 0.340 e. The number of hydrogen-bond donors (Lipinski definition) is 0. The predicted molar refractivity (Wildman–Crippen MR) is 73.2 cm³/mol. The molecule has 0 bridgehead atoms. The van der Waals surface area contributed by atoms with E-state index < -0.39 is 11.9 Å². The molecule has 1 rings (SSSR count). The molecule has 0 spiro atoms. The minimum atomic E-state index is -0.491. The van der Waals surface area contributed by atoms with Crippen LogP contribution in [0, 0.1) is 0 Å². The van der Waals surface area contributed by atoms with Crippen molar-refractivity contribution >= 4 is 11.9 Å². The molecule has 0 aromatic heterocycles. The van der Waals surface area contributed by atoms with Crippen LogP contribution in [0.25, 0.3) is 0 Å². The summed E-state index contributed by atoms with van der Waals surface area (Å²) in [6.45, 7) is 2.21. The van der Waals surface area contributed by atoms with Gasteiger partial charge >= 0.3 is 11.9 Å². The van der Waals surface area contributed by atoms with Crippen LogP contribution in [0.4, 0.5) is 0 Å². The van der Waals surface area contributed by atoms with E-state index >= 15 is 0 Å². The van der Waals surface area contributed by atoms with Crippen molar-refractivity contribution in [3.8, 4) is 0 Å². The molecule has 5 nitrogen and oxygen atoms in total. The van der Waals surface area contributed by atoms with Crippen molar-refractivity contribution < 1.29 is 23.8 Å². The van der Waals surface area contributed by atoms with Crippen molar-refractivity contribution in [1.82, 2.24) is 0 Å². The molecular formula is C14H22O5. The molecule has 0 fully saturated rings. The third kappa shape index (κ3) is 6.01. The lowest BCUT2D eigenvalue weighted by Gasteiger charge is -2.04. The van der Waals surface area contributed by atoms with Crippen molar-refractivity contribution in [1.29, 1.82) is 0 Å². The minimum absolute atomic E-state index is 0. The topological polar surface area (TPSA) is 61.8 Å². The van der Waals surface area contributed by atoms with E-state index in [0.717, 1.165) is 0 Å². The van der Waals surface area contributed by atoms with Gasteiger partial charge in [-0.05, 0) is 31.2 Å². The van der Waals surface area contributed by atoms with Gasteiger partial charge in [-0.15, -0.1) is 0 Å². The molecule has 1 aromatic carbocycles. The Morgan fingerprint density at radius 2 is 1.47 bits per heavy atom. The molecule has 108 valence electrons. The summed E-state index contributed by atoms with van der Waals surface area (Å²) in [6.07, 6.45) is 0. The van der Waals surface area contributed by atoms with E-state index in [0.29, 0.717) is 17.7 Å². The van der Waals surface area contributed by atoms with Crippen molar-refractivity contribution in [2.24, 2.45) is 0 Å². The minimum Gasteiger partial charge on any atom is -0.465 e. The molecule has 0 aliphatic carbocycles. The summed E-state index contributed by atoms with van der Waals surface area (Å²) < 4.78 is 14.2. The van der Waals surface area contributed by atoms with Gasteiger partial charge in [0.25, 0.3) is 0 Å². The van der Waals surface area contributed by atoms with Gasteiger partial charge in [0.15, 0.2) is 6.79 Å². The van der Waals surface area contributed by atoms with Gasteiger partial charge in [-0.1, -0.05) is 14.9 Å².